The number of aliphatic imine (C=N–C) groups is 1. The Morgan fingerprint density at radius 1 is 0.911 bits per heavy atom. The van der Waals surface area contributed by atoms with Crippen molar-refractivity contribution in [1.82, 2.24) is 29.2 Å². The first-order valence-electron chi connectivity index (χ1n) is 15.6. The van der Waals surface area contributed by atoms with Crippen LogP contribution in [-0.2, 0) is 0 Å². The van der Waals surface area contributed by atoms with E-state index in [1.807, 2.05) is 23.5 Å². The van der Waals surface area contributed by atoms with Gasteiger partial charge in [0.05, 0.1) is 35.9 Å². The van der Waals surface area contributed by atoms with Gasteiger partial charge in [-0.3, -0.25) is 4.99 Å². The molecule has 0 aromatic carbocycles. The molecule has 7 nitrogen and oxygen atoms in total. The number of thioether (sulfide) groups is 2. The fourth-order valence-corrected chi connectivity index (χ4v) is 7.78. The molecule has 258 valence electrons. The van der Waals surface area contributed by atoms with Crippen LogP contribution in [0, 0.1) is 13.8 Å². The number of hydrogen-bond acceptors (Lipinski definition) is 8. The Bertz CT molecular complexity index is 1190. The first-order valence-corrected chi connectivity index (χ1v) is 24.7. The molecule has 2 aliphatic heterocycles. The maximum Gasteiger partial charge on any atom is 0.132 e. The second kappa shape index (κ2) is 19.7. The van der Waals surface area contributed by atoms with Crippen LogP contribution in [0.15, 0.2) is 40.8 Å². The van der Waals surface area contributed by atoms with Gasteiger partial charge in [-0.25, -0.2) is 4.98 Å². The van der Waals surface area contributed by atoms with Crippen LogP contribution in [0.3, 0.4) is 0 Å². The van der Waals surface area contributed by atoms with E-state index in [-0.39, 0.29) is 6.04 Å². The highest BCUT2D eigenvalue weighted by Crippen LogP contribution is 2.39. The fraction of sp³-hybridized carbons (Fsp3) is 0.706. The van der Waals surface area contributed by atoms with Gasteiger partial charge in [0.25, 0.3) is 0 Å². The number of nitrogens with zero attached hydrogens (tertiary/aromatic N) is 7. The van der Waals surface area contributed by atoms with Crippen LogP contribution in [0.5, 0.6) is 0 Å². The lowest BCUT2D eigenvalue weighted by Crippen LogP contribution is -2.50. The Morgan fingerprint density at radius 2 is 1.42 bits per heavy atom. The monoisotopic (exact) mass is 885 g/mol. The summed E-state index contributed by atoms with van der Waals surface area (Å²) >= 11 is 7.98. The normalized spacial score (nSPS) is 21.4. The Balaban J connectivity index is 0.000000431. The van der Waals surface area contributed by atoms with Crippen molar-refractivity contribution in [2.75, 3.05) is 59.3 Å². The Hall–Kier alpha value is -0.220. The molecule has 0 bridgehead atoms. The van der Waals surface area contributed by atoms with E-state index in [4.69, 9.17) is 9.98 Å². The zero-order chi connectivity index (χ0) is 34.9. The molecule has 0 fully saturated rings. The predicted octanol–water partition coefficient (Wildman–Crippen LogP) is 8.66. The van der Waals surface area contributed by atoms with Crippen LogP contribution in [0.4, 0.5) is 0 Å². The standard InChI is InChI=1S/C18H32N4S.C16H29N3S.I2/c1-11-12(2)22-14(4)13(3)21(16(6)18(22)19-11)15(5)17(10-23-9)20(7)8;1-11-9-15(17-12(11)2)13(3)19(7)14(4)16(10-20-8)18(5)6;1-2/h13-14,16-17H,5,10H2,1-4,6-9H3;13,16H,4,9-10H2,1-3,5-8H3;/t13?,14?,16?,17-;13-,16-;/m00./s1. The van der Waals surface area contributed by atoms with Crippen LogP contribution in [-0.4, -0.2) is 118 Å². The largest absolute Gasteiger partial charge is 0.369 e. The molecule has 0 spiro atoms. The Kier molecular flexibility index (Phi) is 18.7. The van der Waals surface area contributed by atoms with Crippen LogP contribution in [0.1, 0.15) is 77.3 Å². The van der Waals surface area contributed by atoms with Crippen molar-refractivity contribution < 1.29 is 0 Å². The average Bonchev–Trinajstić information content (AvgIpc) is 3.50. The number of aromatic nitrogens is 2. The molecular formula is C34H61I2N7S2. The van der Waals surface area contributed by atoms with Crippen molar-refractivity contribution >= 4 is 66.5 Å². The summed E-state index contributed by atoms with van der Waals surface area (Å²) in [5.74, 6) is 3.29. The minimum atomic E-state index is 0.255. The van der Waals surface area contributed by atoms with Gasteiger partial charge in [0.2, 0.25) is 0 Å². The minimum absolute atomic E-state index is 0.255. The molecule has 0 aliphatic carbocycles. The van der Waals surface area contributed by atoms with Crippen molar-refractivity contribution in [2.45, 2.75) is 98.1 Å². The van der Waals surface area contributed by atoms with E-state index in [1.54, 1.807) is 0 Å². The molecule has 6 atom stereocenters. The van der Waals surface area contributed by atoms with Gasteiger partial charge < -0.3 is 24.2 Å². The number of aryl methyl sites for hydroxylation is 1. The lowest BCUT2D eigenvalue weighted by molar-refractivity contribution is 0.0992. The van der Waals surface area contributed by atoms with Crippen molar-refractivity contribution in [3.05, 3.63) is 53.0 Å². The first kappa shape index (κ1) is 42.8. The maximum atomic E-state index is 4.86. The summed E-state index contributed by atoms with van der Waals surface area (Å²) < 4.78 is 2.42. The average molecular weight is 886 g/mol. The van der Waals surface area contributed by atoms with Gasteiger partial charge in [0.1, 0.15) is 5.82 Å². The highest BCUT2D eigenvalue weighted by molar-refractivity contribution is 15.0. The molecule has 1 aromatic heterocycles. The van der Waals surface area contributed by atoms with Crippen LogP contribution >= 0.6 is 60.8 Å². The van der Waals surface area contributed by atoms with Gasteiger partial charge in [0, 0.05) is 96.7 Å². The first-order chi connectivity index (χ1) is 21.0. The summed E-state index contributed by atoms with van der Waals surface area (Å²) in [6, 6.07) is 2.09. The van der Waals surface area contributed by atoms with Crippen molar-refractivity contribution in [2.24, 2.45) is 4.99 Å². The maximum absolute atomic E-state index is 4.86. The fourth-order valence-electron chi connectivity index (χ4n) is 6.17. The number of likely N-dealkylation sites (N-methyl/N-ethyl adjacent to an activating group) is 3. The molecule has 45 heavy (non-hydrogen) atoms. The van der Waals surface area contributed by atoms with E-state index in [1.165, 1.54) is 39.9 Å². The summed E-state index contributed by atoms with van der Waals surface area (Å²) in [5.41, 5.74) is 8.64. The van der Waals surface area contributed by atoms with E-state index in [0.29, 0.717) is 30.2 Å². The lowest BCUT2D eigenvalue weighted by atomic mass is 9.99. The van der Waals surface area contributed by atoms with Crippen molar-refractivity contribution in [3.8, 4) is 0 Å². The molecule has 0 saturated carbocycles. The summed E-state index contributed by atoms with van der Waals surface area (Å²) in [4.78, 5) is 18.9. The van der Waals surface area contributed by atoms with Gasteiger partial charge in [-0.2, -0.15) is 23.5 Å². The number of hydrogen-bond donors (Lipinski definition) is 0. The molecular weight excluding hydrogens is 824 g/mol. The molecule has 0 saturated heterocycles. The van der Waals surface area contributed by atoms with E-state index in [0.717, 1.165) is 23.6 Å². The second-order valence-corrected chi connectivity index (χ2v) is 14.7. The number of imidazole rings is 1. The Morgan fingerprint density at radius 3 is 1.87 bits per heavy atom. The minimum Gasteiger partial charge on any atom is -0.369 e. The lowest BCUT2D eigenvalue weighted by Gasteiger charge is -2.48. The Labute approximate surface area is 308 Å². The van der Waals surface area contributed by atoms with E-state index in [9.17, 15) is 0 Å². The molecule has 2 aliphatic rings. The number of rotatable bonds is 12. The van der Waals surface area contributed by atoms with Gasteiger partial charge in [0.15, 0.2) is 0 Å². The quantitative estimate of drug-likeness (QED) is 0.195. The summed E-state index contributed by atoms with van der Waals surface area (Å²) in [7, 11) is 10.7. The molecule has 0 radical (unpaired) electrons. The van der Waals surface area contributed by atoms with E-state index in [2.05, 4.69) is 178 Å². The summed E-state index contributed by atoms with van der Waals surface area (Å²) in [5, 5.41) is 0. The molecule has 11 heteroatoms. The topological polar surface area (TPSA) is 43.1 Å². The van der Waals surface area contributed by atoms with E-state index >= 15 is 0 Å². The molecule has 3 heterocycles. The van der Waals surface area contributed by atoms with Crippen molar-refractivity contribution in [3.63, 3.8) is 0 Å². The summed E-state index contributed by atoms with van der Waals surface area (Å²) in [6.07, 6.45) is 5.31. The number of halogens is 2. The molecule has 0 amide bonds. The van der Waals surface area contributed by atoms with Gasteiger partial charge in [-0.15, -0.1) is 0 Å². The third kappa shape index (κ3) is 10.4. The van der Waals surface area contributed by atoms with Crippen molar-refractivity contribution in [1.29, 1.82) is 0 Å². The zero-order valence-corrected chi connectivity index (χ0v) is 36.7. The predicted molar refractivity (Wildman–Crippen MR) is 222 cm³/mol. The SMILES string of the molecule is C=C([C@H](CSC)N(C)C)N(C)[C@@H](C)C1=NC(C)=C(C)C1.C=C([C@H](CSC)N(C)C)N1C(C)c2nc(C)c(C)n2C(C)C1C.II. The highest BCUT2D eigenvalue weighted by atomic mass is 128. The number of fused-ring (bicyclic) bond motifs is 1. The van der Waals surface area contributed by atoms with Gasteiger partial charge in [-0.1, -0.05) is 13.2 Å². The van der Waals surface area contributed by atoms with Gasteiger partial charge >= 0.3 is 0 Å². The number of allylic oxidation sites excluding steroid dienone is 2. The smallest absolute Gasteiger partial charge is 0.132 e. The molecule has 3 rings (SSSR count). The molecule has 3 unspecified atom stereocenters. The molecule has 1 aromatic rings. The highest BCUT2D eigenvalue weighted by Gasteiger charge is 2.39. The third-order valence-corrected chi connectivity index (χ3v) is 10.9. The molecule has 0 N–H and O–H groups in total. The van der Waals surface area contributed by atoms with Crippen LogP contribution < -0.4 is 0 Å². The van der Waals surface area contributed by atoms with Crippen LogP contribution in [0.25, 0.3) is 0 Å². The zero-order valence-electron chi connectivity index (χ0n) is 30.7. The summed E-state index contributed by atoms with van der Waals surface area (Å²) in [6.45, 7) is 26.5. The van der Waals surface area contributed by atoms with Crippen LogP contribution in [0.2, 0.25) is 0 Å². The second-order valence-electron chi connectivity index (χ2n) is 12.9. The van der Waals surface area contributed by atoms with E-state index < -0.39 is 0 Å². The van der Waals surface area contributed by atoms with Gasteiger partial charge in [-0.05, 0) is 102 Å². The third-order valence-electron chi connectivity index (χ3n) is 9.64.